The molecule has 4 saturated carbocycles. The van der Waals surface area contributed by atoms with Gasteiger partial charge in [0.25, 0.3) is 0 Å². The average Bonchev–Trinajstić information content (AvgIpc) is 3.21. The molecule has 4 bridgehead atoms. The van der Waals surface area contributed by atoms with E-state index < -0.39 is 0 Å². The van der Waals surface area contributed by atoms with Crippen molar-refractivity contribution in [2.45, 2.75) is 55.9 Å². The molecule has 1 unspecified atom stereocenters. The summed E-state index contributed by atoms with van der Waals surface area (Å²) in [7, 11) is 0. The molecule has 33 heavy (non-hydrogen) atoms. The zero-order valence-corrected chi connectivity index (χ0v) is 19.9. The van der Waals surface area contributed by atoms with E-state index in [-0.39, 0.29) is 16.5 Å². The molecule has 8 heteroatoms. The van der Waals surface area contributed by atoms with Gasteiger partial charge in [-0.25, -0.2) is 4.39 Å². The Morgan fingerprint density at radius 3 is 2.42 bits per heavy atom. The monoisotopic (exact) mass is 470 g/mol. The van der Waals surface area contributed by atoms with Crippen molar-refractivity contribution < 1.29 is 13.9 Å². The zero-order valence-electron chi connectivity index (χ0n) is 19.1. The van der Waals surface area contributed by atoms with E-state index in [0.717, 1.165) is 37.0 Å². The van der Waals surface area contributed by atoms with Crippen molar-refractivity contribution in [2.24, 2.45) is 23.2 Å². The lowest BCUT2D eigenvalue weighted by molar-refractivity contribution is -0.142. The highest BCUT2D eigenvalue weighted by Gasteiger charge is 2.55. The third kappa shape index (κ3) is 3.89. The van der Waals surface area contributed by atoms with Crippen LogP contribution in [0, 0.1) is 29.0 Å². The number of Topliss-reactive ketones (excluding diaryl/α,β-unsaturated/α-hetero) is 1. The lowest BCUT2D eigenvalue weighted by Crippen LogP contribution is -2.51. The summed E-state index contributed by atoms with van der Waals surface area (Å²) in [5, 5.41) is 9.40. The maximum atomic E-state index is 14.1. The van der Waals surface area contributed by atoms with Crippen LogP contribution in [0.1, 0.15) is 45.4 Å². The Labute approximate surface area is 198 Å². The summed E-state index contributed by atoms with van der Waals surface area (Å²) in [6.45, 7) is 4.68. The minimum atomic E-state index is -0.303. The van der Waals surface area contributed by atoms with Crippen molar-refractivity contribution in [1.29, 1.82) is 0 Å². The molecule has 0 radical (unpaired) electrons. The quantitative estimate of drug-likeness (QED) is 0.579. The highest BCUT2D eigenvalue weighted by atomic mass is 32.2. The van der Waals surface area contributed by atoms with Crippen molar-refractivity contribution in [3.8, 4) is 5.69 Å². The van der Waals surface area contributed by atoms with Crippen LogP contribution >= 0.6 is 11.8 Å². The highest BCUT2D eigenvalue weighted by Crippen LogP contribution is 2.61. The molecule has 4 aliphatic carbocycles. The van der Waals surface area contributed by atoms with Gasteiger partial charge in [0.1, 0.15) is 5.82 Å². The molecule has 176 valence electrons. The van der Waals surface area contributed by atoms with E-state index in [9.17, 15) is 9.18 Å². The van der Waals surface area contributed by atoms with Crippen molar-refractivity contribution >= 4 is 23.5 Å². The summed E-state index contributed by atoms with van der Waals surface area (Å²) in [6, 6.07) is 6.51. The first-order valence-corrected chi connectivity index (χ1v) is 13.1. The van der Waals surface area contributed by atoms with Gasteiger partial charge in [-0.2, -0.15) is 0 Å². The molecule has 7 rings (SSSR count). The highest BCUT2D eigenvalue weighted by molar-refractivity contribution is 8.00. The number of morpholine rings is 1. The van der Waals surface area contributed by atoms with E-state index in [1.54, 1.807) is 6.07 Å². The van der Waals surface area contributed by atoms with Crippen LogP contribution < -0.4 is 4.90 Å². The minimum absolute atomic E-state index is 0.141. The molecule has 6 nitrogen and oxygen atoms in total. The summed E-state index contributed by atoms with van der Waals surface area (Å²) in [6.07, 6.45) is 7.18. The number of aromatic nitrogens is 3. The number of anilines is 1. The molecular formula is C25H31FN4O2S. The molecule has 1 atom stereocenters. The first kappa shape index (κ1) is 21.6. The number of rotatable bonds is 6. The lowest BCUT2D eigenvalue weighted by Gasteiger charge is -2.56. The van der Waals surface area contributed by atoms with Gasteiger partial charge in [-0.05, 0) is 81.4 Å². The van der Waals surface area contributed by atoms with Crippen LogP contribution in [-0.2, 0) is 9.53 Å². The third-order valence-electron chi connectivity index (χ3n) is 8.19. The number of benzene rings is 1. The Bertz CT molecular complexity index is 1020. The summed E-state index contributed by atoms with van der Waals surface area (Å²) in [4.78, 5) is 16.0. The van der Waals surface area contributed by atoms with E-state index >= 15 is 0 Å². The van der Waals surface area contributed by atoms with Crippen molar-refractivity contribution in [1.82, 2.24) is 14.8 Å². The van der Waals surface area contributed by atoms with E-state index in [1.165, 1.54) is 43.2 Å². The summed E-state index contributed by atoms with van der Waals surface area (Å²) in [5.41, 5.74) is 0.538. The largest absolute Gasteiger partial charge is 0.378 e. The van der Waals surface area contributed by atoms with E-state index in [4.69, 9.17) is 4.74 Å². The van der Waals surface area contributed by atoms with Crippen molar-refractivity contribution in [3.63, 3.8) is 0 Å². The molecule has 2 heterocycles. The van der Waals surface area contributed by atoms with Gasteiger partial charge in [-0.15, -0.1) is 10.2 Å². The van der Waals surface area contributed by atoms with Crippen LogP contribution in [0.5, 0.6) is 0 Å². The average molecular weight is 471 g/mol. The molecule has 1 aliphatic heterocycles. The number of nitrogens with zero attached hydrogens (tertiary/aromatic N) is 4. The third-order valence-corrected chi connectivity index (χ3v) is 9.23. The standard InChI is InChI=1S/C25H31FN4O2S/c1-16(22(31)25-13-17-9-18(14-25)11-19(10-17)15-25)33-24-28-27-23(29-5-7-32-8-6-29)30(24)21-4-2-3-20(26)12-21/h2-4,12,16-19H,5-11,13-15H2,1H3. The van der Waals surface area contributed by atoms with Crippen LogP contribution in [0.2, 0.25) is 0 Å². The van der Waals surface area contributed by atoms with Crippen LogP contribution in [0.3, 0.4) is 0 Å². The molecule has 5 fully saturated rings. The molecular weight excluding hydrogens is 439 g/mol. The second kappa shape index (κ2) is 8.38. The molecule has 1 aromatic carbocycles. The van der Waals surface area contributed by atoms with E-state index in [1.807, 2.05) is 17.6 Å². The Hall–Kier alpha value is -1.93. The maximum Gasteiger partial charge on any atom is 0.232 e. The van der Waals surface area contributed by atoms with Gasteiger partial charge in [0.15, 0.2) is 10.9 Å². The van der Waals surface area contributed by atoms with Gasteiger partial charge in [0.2, 0.25) is 5.95 Å². The van der Waals surface area contributed by atoms with E-state index in [0.29, 0.717) is 48.9 Å². The summed E-state index contributed by atoms with van der Waals surface area (Å²) in [5.74, 6) is 2.97. The Morgan fingerprint density at radius 1 is 1.12 bits per heavy atom. The number of thioether (sulfide) groups is 1. The van der Waals surface area contributed by atoms with Crippen molar-refractivity contribution in [2.75, 3.05) is 31.2 Å². The van der Waals surface area contributed by atoms with Gasteiger partial charge in [0.05, 0.1) is 24.2 Å². The number of ketones is 1. The molecule has 1 saturated heterocycles. The van der Waals surface area contributed by atoms with Crippen LogP contribution in [0.25, 0.3) is 5.69 Å². The van der Waals surface area contributed by atoms with Gasteiger partial charge in [0, 0.05) is 18.5 Å². The first-order chi connectivity index (χ1) is 16.0. The molecule has 0 spiro atoms. The van der Waals surface area contributed by atoms with Crippen molar-refractivity contribution in [3.05, 3.63) is 30.1 Å². The first-order valence-electron chi connectivity index (χ1n) is 12.3. The summed E-state index contributed by atoms with van der Waals surface area (Å²) < 4.78 is 21.5. The predicted molar refractivity (Wildman–Crippen MR) is 125 cm³/mol. The lowest BCUT2D eigenvalue weighted by atomic mass is 9.48. The second-order valence-electron chi connectivity index (χ2n) is 10.5. The molecule has 0 N–H and O–H groups in total. The number of hydrogen-bond acceptors (Lipinski definition) is 6. The fraction of sp³-hybridized carbons (Fsp3) is 0.640. The maximum absolute atomic E-state index is 14.1. The van der Waals surface area contributed by atoms with Crippen LogP contribution in [-0.4, -0.2) is 52.1 Å². The van der Waals surface area contributed by atoms with Gasteiger partial charge >= 0.3 is 0 Å². The van der Waals surface area contributed by atoms with Crippen LogP contribution in [0.4, 0.5) is 10.3 Å². The Morgan fingerprint density at radius 2 is 1.79 bits per heavy atom. The SMILES string of the molecule is CC(Sc1nnc(N2CCOCC2)n1-c1cccc(F)c1)C(=O)C12CC3CC(CC(C3)C1)C2. The van der Waals surface area contributed by atoms with E-state index in [2.05, 4.69) is 15.1 Å². The molecule has 0 amide bonds. The normalized spacial score (nSPS) is 31.7. The summed E-state index contributed by atoms with van der Waals surface area (Å²) >= 11 is 1.47. The Balaban J connectivity index is 1.30. The number of carbonyl (C=O) groups excluding carboxylic acids is 1. The molecule has 2 aromatic rings. The van der Waals surface area contributed by atoms with Gasteiger partial charge in [-0.1, -0.05) is 17.8 Å². The fourth-order valence-electron chi connectivity index (χ4n) is 7.20. The topological polar surface area (TPSA) is 60.2 Å². The smallest absolute Gasteiger partial charge is 0.232 e. The zero-order chi connectivity index (χ0) is 22.6. The number of carbonyl (C=O) groups is 1. The van der Waals surface area contributed by atoms with Crippen LogP contribution in [0.15, 0.2) is 29.4 Å². The second-order valence-corrected chi connectivity index (χ2v) is 11.8. The molecule has 5 aliphatic rings. The van der Waals surface area contributed by atoms with Gasteiger partial charge < -0.3 is 9.64 Å². The number of halogens is 1. The predicted octanol–water partition coefficient (Wildman–Crippen LogP) is 4.51. The van der Waals surface area contributed by atoms with Gasteiger partial charge in [-0.3, -0.25) is 9.36 Å². The Kier molecular flexibility index (Phi) is 5.48. The molecule has 1 aromatic heterocycles. The minimum Gasteiger partial charge on any atom is -0.378 e. The number of hydrogen-bond donors (Lipinski definition) is 0. The number of ether oxygens (including phenoxy) is 1. The fourth-order valence-corrected chi connectivity index (χ4v) is 8.26.